The van der Waals surface area contributed by atoms with Gasteiger partial charge in [0.1, 0.15) is 12.2 Å². The molecule has 0 unspecified atom stereocenters. The number of hydrogen-bond acceptors (Lipinski definition) is 5. The van der Waals surface area contributed by atoms with Gasteiger partial charge >= 0.3 is 0 Å². The Bertz CT molecular complexity index is 479. The molecule has 0 bridgehead atoms. The number of aromatic nitrogens is 2. The average Bonchev–Trinajstić information content (AvgIpc) is 2.93. The number of amides is 1. The van der Waals surface area contributed by atoms with E-state index in [0.29, 0.717) is 0 Å². The number of halogens is 2. The van der Waals surface area contributed by atoms with Gasteiger partial charge in [0, 0.05) is 13.3 Å². The summed E-state index contributed by atoms with van der Waals surface area (Å²) in [5, 5.41) is 3.55. The minimum absolute atomic E-state index is 0.0227. The van der Waals surface area contributed by atoms with Crippen molar-refractivity contribution in [2.75, 3.05) is 11.9 Å². The van der Waals surface area contributed by atoms with Crippen LogP contribution in [0.25, 0.3) is 0 Å². The van der Waals surface area contributed by atoms with Crippen molar-refractivity contribution in [3.63, 3.8) is 0 Å². The fourth-order valence-corrected chi connectivity index (χ4v) is 2.26. The number of ketones is 1. The van der Waals surface area contributed by atoms with E-state index in [1.165, 1.54) is 4.90 Å². The minimum Gasteiger partial charge on any atom is -0.339 e. The first kappa shape index (κ1) is 13.1. The van der Waals surface area contributed by atoms with Crippen molar-refractivity contribution >= 4 is 27.6 Å². The largest absolute Gasteiger partial charge is 0.339 e. The summed E-state index contributed by atoms with van der Waals surface area (Å²) in [6.07, 6.45) is -1.22. The molecule has 6 nitrogen and oxygen atoms in total. The van der Waals surface area contributed by atoms with E-state index in [1.807, 2.05) is 0 Å². The summed E-state index contributed by atoms with van der Waals surface area (Å²) in [4.78, 5) is 28.7. The van der Waals surface area contributed by atoms with Gasteiger partial charge in [0.15, 0.2) is 0 Å². The number of alkyl halides is 2. The zero-order valence-corrected chi connectivity index (χ0v) is 11.2. The van der Waals surface area contributed by atoms with Gasteiger partial charge in [-0.3, -0.25) is 9.59 Å². The molecule has 0 radical (unpaired) electrons. The third kappa shape index (κ3) is 2.43. The lowest BCUT2D eigenvalue weighted by Gasteiger charge is -2.21. The Morgan fingerprint density at radius 3 is 2.89 bits per heavy atom. The normalized spacial score (nSPS) is 23.4. The highest BCUT2D eigenvalue weighted by Gasteiger charge is 2.41. The first-order chi connectivity index (χ1) is 8.52. The molecule has 1 aliphatic heterocycles. The zero-order chi connectivity index (χ0) is 13.3. The molecule has 0 saturated carbocycles. The van der Waals surface area contributed by atoms with Crippen LogP contribution in [0.4, 0.5) is 4.39 Å². The molecule has 2 rings (SSSR count). The minimum atomic E-state index is -1.20. The zero-order valence-electron chi connectivity index (χ0n) is 9.60. The van der Waals surface area contributed by atoms with E-state index >= 15 is 0 Å². The Labute approximate surface area is 111 Å². The van der Waals surface area contributed by atoms with Gasteiger partial charge in [0.2, 0.25) is 23.4 Å². The number of Topliss-reactive ketones (excluding diaryl/α,β-unsaturated/α-hetero) is 1. The monoisotopic (exact) mass is 319 g/mol. The van der Waals surface area contributed by atoms with Crippen LogP contribution in [0, 0.1) is 6.92 Å². The number of likely N-dealkylation sites (tertiary alicyclic amines) is 1. The molecule has 1 amide bonds. The van der Waals surface area contributed by atoms with Crippen LogP contribution in [0.1, 0.15) is 22.9 Å². The number of nitrogens with zero attached hydrogens (tertiary/aromatic N) is 3. The van der Waals surface area contributed by atoms with Crippen molar-refractivity contribution in [2.24, 2.45) is 0 Å². The van der Waals surface area contributed by atoms with Crippen molar-refractivity contribution in [3.05, 3.63) is 11.7 Å². The number of rotatable bonds is 3. The standard InChI is InChI=1S/C10H11BrFN3O3/c1-5-13-10(14-18-5)9(17)7-2-6(12)4-15(7)8(16)3-11/h6-7H,2-4H2,1H3/t6-,7-/m0/s1. The Morgan fingerprint density at radius 1 is 1.61 bits per heavy atom. The molecule has 1 saturated heterocycles. The lowest BCUT2D eigenvalue weighted by atomic mass is 10.1. The Kier molecular flexibility index (Phi) is 3.74. The molecule has 98 valence electrons. The highest BCUT2D eigenvalue weighted by atomic mass is 79.9. The van der Waals surface area contributed by atoms with E-state index in [2.05, 4.69) is 26.1 Å². The van der Waals surface area contributed by atoms with Crippen LogP contribution in [-0.2, 0) is 4.79 Å². The summed E-state index contributed by atoms with van der Waals surface area (Å²) in [5.41, 5.74) is 0. The second-order valence-corrected chi connectivity index (χ2v) is 4.59. The summed E-state index contributed by atoms with van der Waals surface area (Å²) < 4.78 is 18.1. The number of aryl methyl sites for hydroxylation is 1. The fraction of sp³-hybridized carbons (Fsp3) is 0.600. The molecule has 2 atom stereocenters. The molecule has 1 fully saturated rings. The second kappa shape index (κ2) is 5.13. The molecule has 8 heteroatoms. The molecule has 1 aromatic heterocycles. The highest BCUT2D eigenvalue weighted by Crippen LogP contribution is 2.23. The van der Waals surface area contributed by atoms with Gasteiger partial charge in [0.05, 0.1) is 11.9 Å². The van der Waals surface area contributed by atoms with Crippen LogP contribution >= 0.6 is 15.9 Å². The maximum absolute atomic E-state index is 13.4. The summed E-state index contributed by atoms with van der Waals surface area (Å²) in [6.45, 7) is 1.48. The third-order valence-corrected chi connectivity index (χ3v) is 3.21. The Morgan fingerprint density at radius 2 is 2.33 bits per heavy atom. The summed E-state index contributed by atoms with van der Waals surface area (Å²) in [5.74, 6) is -0.666. The SMILES string of the molecule is Cc1nc(C(=O)[C@@H]2C[C@H](F)CN2C(=O)CBr)no1. The van der Waals surface area contributed by atoms with E-state index < -0.39 is 18.0 Å². The van der Waals surface area contributed by atoms with Crippen LogP contribution in [0.5, 0.6) is 0 Å². The summed E-state index contributed by atoms with van der Waals surface area (Å²) in [7, 11) is 0. The smallest absolute Gasteiger partial charge is 0.240 e. The lowest BCUT2D eigenvalue weighted by Crippen LogP contribution is -2.41. The van der Waals surface area contributed by atoms with Crippen LogP contribution in [0.2, 0.25) is 0 Å². The second-order valence-electron chi connectivity index (χ2n) is 4.03. The average molecular weight is 320 g/mol. The molecule has 0 N–H and O–H groups in total. The first-order valence-electron chi connectivity index (χ1n) is 5.37. The molecular weight excluding hydrogens is 309 g/mol. The predicted molar refractivity (Wildman–Crippen MR) is 62.2 cm³/mol. The topological polar surface area (TPSA) is 76.3 Å². The van der Waals surface area contributed by atoms with Gasteiger partial charge < -0.3 is 9.42 Å². The predicted octanol–water partition coefficient (Wildman–Crippen LogP) is 0.895. The first-order valence-corrected chi connectivity index (χ1v) is 6.49. The molecule has 18 heavy (non-hydrogen) atoms. The van der Waals surface area contributed by atoms with E-state index in [1.54, 1.807) is 6.92 Å². The van der Waals surface area contributed by atoms with Gasteiger partial charge in [-0.15, -0.1) is 0 Å². The van der Waals surface area contributed by atoms with Crippen molar-refractivity contribution < 1.29 is 18.5 Å². The molecule has 0 aromatic carbocycles. The van der Waals surface area contributed by atoms with E-state index in [9.17, 15) is 14.0 Å². The third-order valence-electron chi connectivity index (χ3n) is 2.74. The lowest BCUT2D eigenvalue weighted by molar-refractivity contribution is -0.128. The fourth-order valence-electron chi connectivity index (χ4n) is 1.93. The number of carbonyl (C=O) groups excluding carboxylic acids is 2. The van der Waals surface area contributed by atoms with Crippen LogP contribution in [0.15, 0.2) is 4.52 Å². The number of carbonyl (C=O) groups is 2. The van der Waals surface area contributed by atoms with Crippen molar-refractivity contribution in [2.45, 2.75) is 25.6 Å². The van der Waals surface area contributed by atoms with Gasteiger partial charge in [-0.2, -0.15) is 4.98 Å². The summed E-state index contributed by atoms with van der Waals surface area (Å²) >= 11 is 3.01. The van der Waals surface area contributed by atoms with Crippen LogP contribution < -0.4 is 0 Å². The van der Waals surface area contributed by atoms with Crippen molar-refractivity contribution in [1.82, 2.24) is 15.0 Å². The van der Waals surface area contributed by atoms with E-state index in [4.69, 9.17) is 4.52 Å². The highest BCUT2D eigenvalue weighted by molar-refractivity contribution is 9.09. The van der Waals surface area contributed by atoms with Gasteiger partial charge in [-0.25, -0.2) is 4.39 Å². The van der Waals surface area contributed by atoms with Crippen molar-refractivity contribution in [3.8, 4) is 0 Å². The van der Waals surface area contributed by atoms with Gasteiger partial charge in [-0.1, -0.05) is 21.1 Å². The Hall–Kier alpha value is -1.31. The van der Waals surface area contributed by atoms with E-state index in [0.717, 1.165) is 0 Å². The molecule has 1 aliphatic rings. The quantitative estimate of drug-likeness (QED) is 0.611. The molecule has 0 aliphatic carbocycles. The molecule has 1 aromatic rings. The van der Waals surface area contributed by atoms with Gasteiger partial charge in [0.25, 0.3) is 0 Å². The van der Waals surface area contributed by atoms with E-state index in [-0.39, 0.29) is 35.9 Å². The van der Waals surface area contributed by atoms with Crippen LogP contribution in [-0.4, -0.2) is 50.8 Å². The maximum atomic E-state index is 13.4. The summed E-state index contributed by atoms with van der Waals surface area (Å²) in [6, 6.07) is -0.845. The molecular formula is C10H11BrFN3O3. The maximum Gasteiger partial charge on any atom is 0.240 e. The Balaban J connectivity index is 2.20. The van der Waals surface area contributed by atoms with Crippen molar-refractivity contribution in [1.29, 1.82) is 0 Å². The molecule has 0 spiro atoms. The molecule has 2 heterocycles. The van der Waals surface area contributed by atoms with Gasteiger partial charge in [-0.05, 0) is 0 Å². The van der Waals surface area contributed by atoms with Crippen LogP contribution in [0.3, 0.4) is 0 Å². The number of hydrogen-bond donors (Lipinski definition) is 0.